The topological polar surface area (TPSA) is 29.5 Å². The molecule has 0 spiro atoms. The van der Waals surface area contributed by atoms with Crippen molar-refractivity contribution < 1.29 is 18.3 Å². The molecule has 1 aliphatic rings. The van der Waals surface area contributed by atoms with E-state index in [-0.39, 0.29) is 5.56 Å². The molecule has 0 atom stereocenters. The first-order chi connectivity index (χ1) is 12.6. The van der Waals surface area contributed by atoms with Gasteiger partial charge in [-0.05, 0) is 56.6 Å². The number of carbonyl (C=O) groups excluding carboxylic acids is 1. The van der Waals surface area contributed by atoms with Gasteiger partial charge in [0.2, 0.25) is 0 Å². The highest BCUT2D eigenvalue weighted by molar-refractivity contribution is 6.09. The van der Waals surface area contributed by atoms with Crippen LogP contribution in [0.2, 0.25) is 0 Å². The van der Waals surface area contributed by atoms with Crippen LogP contribution in [0.3, 0.4) is 0 Å². The van der Waals surface area contributed by atoms with Crippen molar-refractivity contribution >= 4 is 5.78 Å². The normalized spacial score (nSPS) is 15.0. The average Bonchev–Trinajstić information content (AvgIpc) is 2.66. The SMILES string of the molecule is O=C(c1cccc(OCCCN2CCCCC2)c1)c1ccc(F)cc1F. The maximum Gasteiger partial charge on any atom is 0.196 e. The summed E-state index contributed by atoms with van der Waals surface area (Å²) in [7, 11) is 0. The van der Waals surface area contributed by atoms with E-state index in [9.17, 15) is 13.6 Å². The molecule has 1 heterocycles. The van der Waals surface area contributed by atoms with Gasteiger partial charge >= 0.3 is 0 Å². The molecule has 2 aromatic rings. The summed E-state index contributed by atoms with van der Waals surface area (Å²) in [5, 5.41) is 0. The van der Waals surface area contributed by atoms with Gasteiger partial charge in [0.25, 0.3) is 0 Å². The quantitative estimate of drug-likeness (QED) is 0.540. The maximum absolute atomic E-state index is 13.8. The largest absolute Gasteiger partial charge is 0.494 e. The lowest BCUT2D eigenvalue weighted by Gasteiger charge is -2.26. The van der Waals surface area contributed by atoms with Gasteiger partial charge in [0.15, 0.2) is 5.78 Å². The second-order valence-corrected chi connectivity index (χ2v) is 6.59. The van der Waals surface area contributed by atoms with Gasteiger partial charge in [-0.15, -0.1) is 0 Å². The summed E-state index contributed by atoms with van der Waals surface area (Å²) >= 11 is 0. The number of hydrogen-bond donors (Lipinski definition) is 0. The minimum atomic E-state index is -0.858. The van der Waals surface area contributed by atoms with E-state index in [2.05, 4.69) is 4.90 Å². The molecule has 138 valence electrons. The summed E-state index contributed by atoms with van der Waals surface area (Å²) in [4.78, 5) is 14.9. The third kappa shape index (κ3) is 4.88. The van der Waals surface area contributed by atoms with Gasteiger partial charge in [-0.2, -0.15) is 0 Å². The lowest BCUT2D eigenvalue weighted by molar-refractivity contribution is 0.103. The number of hydrogen-bond acceptors (Lipinski definition) is 3. The van der Waals surface area contributed by atoms with Gasteiger partial charge in [-0.3, -0.25) is 4.79 Å². The first-order valence-electron chi connectivity index (χ1n) is 9.08. The molecule has 2 aromatic carbocycles. The Bertz CT molecular complexity index is 757. The standard InChI is InChI=1S/C21H23F2NO2/c22-17-8-9-19(20(23)15-17)21(25)16-6-4-7-18(14-16)26-13-5-12-24-10-2-1-3-11-24/h4,6-9,14-15H,1-3,5,10-13H2. The highest BCUT2D eigenvalue weighted by Crippen LogP contribution is 2.19. The fourth-order valence-corrected chi connectivity index (χ4v) is 3.22. The number of likely N-dealkylation sites (tertiary alicyclic amines) is 1. The predicted molar refractivity (Wildman–Crippen MR) is 96.6 cm³/mol. The Hall–Kier alpha value is -2.27. The van der Waals surface area contributed by atoms with E-state index in [1.165, 1.54) is 25.3 Å². The summed E-state index contributed by atoms with van der Waals surface area (Å²) in [5.41, 5.74) is 0.178. The monoisotopic (exact) mass is 359 g/mol. The Balaban J connectivity index is 1.56. The summed E-state index contributed by atoms with van der Waals surface area (Å²) in [6.45, 7) is 3.90. The molecule has 0 radical (unpaired) electrons. The average molecular weight is 359 g/mol. The van der Waals surface area contributed by atoms with Gasteiger partial charge < -0.3 is 9.64 Å². The smallest absolute Gasteiger partial charge is 0.196 e. The number of ether oxygens (including phenoxy) is 1. The minimum absolute atomic E-state index is 0.145. The number of piperidine rings is 1. The fraction of sp³-hybridized carbons (Fsp3) is 0.381. The molecule has 0 aromatic heterocycles. The summed E-state index contributed by atoms with van der Waals surface area (Å²) in [6, 6.07) is 9.65. The number of ketones is 1. The van der Waals surface area contributed by atoms with Crippen molar-refractivity contribution in [1.82, 2.24) is 4.90 Å². The summed E-state index contributed by atoms with van der Waals surface area (Å²) in [5.74, 6) is -1.47. The van der Waals surface area contributed by atoms with E-state index in [0.29, 0.717) is 24.0 Å². The van der Waals surface area contributed by atoms with Gasteiger partial charge in [-0.1, -0.05) is 18.6 Å². The first kappa shape index (κ1) is 18.5. The molecule has 0 N–H and O–H groups in total. The van der Waals surface area contributed by atoms with E-state index < -0.39 is 17.4 Å². The zero-order valence-corrected chi connectivity index (χ0v) is 14.7. The van der Waals surface area contributed by atoms with Crippen molar-refractivity contribution in [3.05, 3.63) is 65.2 Å². The molecule has 0 saturated carbocycles. The molecule has 1 aliphatic heterocycles. The second kappa shape index (κ2) is 8.90. The van der Waals surface area contributed by atoms with Crippen molar-refractivity contribution in [2.75, 3.05) is 26.2 Å². The Morgan fingerprint density at radius 3 is 2.62 bits per heavy atom. The predicted octanol–water partition coefficient (Wildman–Crippen LogP) is 4.45. The molecule has 1 fully saturated rings. The van der Waals surface area contributed by atoms with Crippen LogP contribution < -0.4 is 4.74 Å². The van der Waals surface area contributed by atoms with Crippen molar-refractivity contribution in [2.24, 2.45) is 0 Å². The van der Waals surface area contributed by atoms with E-state index in [1.807, 2.05) is 0 Å². The number of benzene rings is 2. The van der Waals surface area contributed by atoms with Crippen molar-refractivity contribution in [3.63, 3.8) is 0 Å². The maximum atomic E-state index is 13.8. The lowest BCUT2D eigenvalue weighted by Crippen LogP contribution is -2.31. The molecule has 3 nitrogen and oxygen atoms in total. The van der Waals surface area contributed by atoms with E-state index in [0.717, 1.165) is 32.1 Å². The Morgan fingerprint density at radius 2 is 1.85 bits per heavy atom. The molecule has 26 heavy (non-hydrogen) atoms. The molecule has 0 amide bonds. The Labute approximate surface area is 152 Å². The number of rotatable bonds is 7. The van der Waals surface area contributed by atoms with Gasteiger partial charge in [0.05, 0.1) is 12.2 Å². The van der Waals surface area contributed by atoms with Gasteiger partial charge in [-0.25, -0.2) is 8.78 Å². The van der Waals surface area contributed by atoms with Crippen LogP contribution in [0.15, 0.2) is 42.5 Å². The molecule has 1 saturated heterocycles. The van der Waals surface area contributed by atoms with Crippen LogP contribution in [0.25, 0.3) is 0 Å². The van der Waals surface area contributed by atoms with Gasteiger partial charge in [0.1, 0.15) is 17.4 Å². The van der Waals surface area contributed by atoms with Crippen molar-refractivity contribution in [2.45, 2.75) is 25.7 Å². The Kier molecular flexibility index (Phi) is 6.34. The fourth-order valence-electron chi connectivity index (χ4n) is 3.22. The van der Waals surface area contributed by atoms with Gasteiger partial charge in [0, 0.05) is 18.2 Å². The van der Waals surface area contributed by atoms with E-state index >= 15 is 0 Å². The van der Waals surface area contributed by atoms with Crippen LogP contribution in [-0.4, -0.2) is 36.9 Å². The van der Waals surface area contributed by atoms with Crippen LogP contribution in [0.4, 0.5) is 8.78 Å². The lowest BCUT2D eigenvalue weighted by atomic mass is 10.0. The number of nitrogens with zero attached hydrogens (tertiary/aromatic N) is 1. The van der Waals surface area contributed by atoms with Crippen LogP contribution in [0.5, 0.6) is 5.75 Å². The molecule has 0 aliphatic carbocycles. The zero-order chi connectivity index (χ0) is 18.4. The third-order valence-corrected chi connectivity index (χ3v) is 4.61. The number of halogens is 2. The molecule has 0 unspecified atom stereocenters. The van der Waals surface area contributed by atoms with Crippen LogP contribution >= 0.6 is 0 Å². The van der Waals surface area contributed by atoms with Crippen molar-refractivity contribution in [1.29, 1.82) is 0 Å². The minimum Gasteiger partial charge on any atom is -0.494 e. The number of carbonyl (C=O) groups is 1. The summed E-state index contributed by atoms with van der Waals surface area (Å²) in [6.07, 6.45) is 4.78. The van der Waals surface area contributed by atoms with Crippen LogP contribution in [-0.2, 0) is 0 Å². The highest BCUT2D eigenvalue weighted by atomic mass is 19.1. The molecular weight excluding hydrogens is 336 g/mol. The van der Waals surface area contributed by atoms with Crippen molar-refractivity contribution in [3.8, 4) is 5.75 Å². The van der Waals surface area contributed by atoms with Crippen LogP contribution in [0.1, 0.15) is 41.6 Å². The second-order valence-electron chi connectivity index (χ2n) is 6.59. The zero-order valence-electron chi connectivity index (χ0n) is 14.7. The van der Waals surface area contributed by atoms with E-state index in [4.69, 9.17) is 4.74 Å². The van der Waals surface area contributed by atoms with E-state index in [1.54, 1.807) is 24.3 Å². The molecule has 3 rings (SSSR count). The first-order valence-corrected chi connectivity index (χ1v) is 9.08. The summed E-state index contributed by atoms with van der Waals surface area (Å²) < 4.78 is 32.6. The van der Waals surface area contributed by atoms with Crippen LogP contribution in [0, 0.1) is 11.6 Å². The molecule has 5 heteroatoms. The third-order valence-electron chi connectivity index (χ3n) is 4.61. The Morgan fingerprint density at radius 1 is 1.04 bits per heavy atom. The molecule has 0 bridgehead atoms. The highest BCUT2D eigenvalue weighted by Gasteiger charge is 2.15. The molecular formula is C21H23F2NO2.